The molecule has 1 N–H and O–H groups in total. The summed E-state index contributed by atoms with van der Waals surface area (Å²) < 4.78 is 0. The van der Waals surface area contributed by atoms with E-state index in [1.54, 1.807) is 0 Å². The lowest BCUT2D eigenvalue weighted by molar-refractivity contribution is -0.142. The normalized spacial score (nSPS) is 38.2. The molecule has 0 radical (unpaired) electrons. The molecule has 80 valence electrons. The van der Waals surface area contributed by atoms with Crippen LogP contribution in [-0.4, -0.2) is 36.1 Å². The molecule has 2 bridgehead atoms. The molecule has 2 rings (SSSR count). The van der Waals surface area contributed by atoms with Crippen molar-refractivity contribution in [3.63, 3.8) is 0 Å². The Kier molecular flexibility index (Phi) is 2.52. The lowest BCUT2D eigenvalue weighted by Crippen LogP contribution is -2.48. The van der Waals surface area contributed by atoms with Gasteiger partial charge < -0.3 is 10.0 Å². The predicted molar refractivity (Wildman–Crippen MR) is 54.1 cm³/mol. The highest BCUT2D eigenvalue weighted by Crippen LogP contribution is 2.45. The lowest BCUT2D eigenvalue weighted by Gasteiger charge is -2.48. The Bertz CT molecular complexity index is 237. The number of fused-ring (bicyclic) bond motifs is 2. The Hall–Kier alpha value is -0.570. The molecule has 1 aliphatic heterocycles. The zero-order valence-electron chi connectivity index (χ0n) is 8.83. The summed E-state index contributed by atoms with van der Waals surface area (Å²) in [7, 11) is 2.12. The molecule has 0 aromatic carbocycles. The summed E-state index contributed by atoms with van der Waals surface area (Å²) >= 11 is 0. The number of aliphatic carboxylic acids is 1. The quantitative estimate of drug-likeness (QED) is 0.730. The maximum absolute atomic E-state index is 10.9. The summed E-state index contributed by atoms with van der Waals surface area (Å²) in [6.07, 6.45) is 5.15. The summed E-state index contributed by atoms with van der Waals surface area (Å²) in [5.74, 6) is 0.128. The molecule has 3 nitrogen and oxygen atoms in total. The second-order valence-electron chi connectivity index (χ2n) is 5.23. The minimum absolute atomic E-state index is 0.0990. The second kappa shape index (κ2) is 3.54. The number of carboxylic acids is 1. The Labute approximate surface area is 85.1 Å². The minimum Gasteiger partial charge on any atom is -0.481 e. The van der Waals surface area contributed by atoms with E-state index in [4.69, 9.17) is 5.11 Å². The molecule has 0 aromatic rings. The molecule has 1 aliphatic carbocycles. The van der Waals surface area contributed by atoms with E-state index in [9.17, 15) is 4.79 Å². The molecule has 1 heterocycles. The SMILES string of the molecule is CN1CC2CCCC(CC(=O)O)(C2)C1. The van der Waals surface area contributed by atoms with Crippen LogP contribution < -0.4 is 0 Å². The van der Waals surface area contributed by atoms with Crippen molar-refractivity contribution in [2.45, 2.75) is 32.1 Å². The highest BCUT2D eigenvalue weighted by molar-refractivity contribution is 5.67. The zero-order chi connectivity index (χ0) is 10.2. The fraction of sp³-hybridized carbons (Fsp3) is 0.909. The number of hydrogen-bond donors (Lipinski definition) is 1. The number of piperidine rings is 1. The van der Waals surface area contributed by atoms with Gasteiger partial charge in [-0.15, -0.1) is 0 Å². The van der Waals surface area contributed by atoms with Gasteiger partial charge in [-0.25, -0.2) is 0 Å². The Morgan fingerprint density at radius 2 is 2.43 bits per heavy atom. The first-order chi connectivity index (χ1) is 6.60. The molecule has 2 unspecified atom stereocenters. The molecule has 1 saturated heterocycles. The molecular weight excluding hydrogens is 178 g/mol. The van der Waals surface area contributed by atoms with Crippen LogP contribution in [-0.2, 0) is 4.79 Å². The molecule has 2 fully saturated rings. The van der Waals surface area contributed by atoms with E-state index >= 15 is 0 Å². The maximum Gasteiger partial charge on any atom is 0.303 e. The van der Waals surface area contributed by atoms with Gasteiger partial charge in [0.1, 0.15) is 0 Å². The fourth-order valence-electron chi connectivity index (χ4n) is 3.50. The molecular formula is C11H19NO2. The van der Waals surface area contributed by atoms with E-state index in [0.29, 0.717) is 6.42 Å². The zero-order valence-corrected chi connectivity index (χ0v) is 8.83. The number of rotatable bonds is 2. The van der Waals surface area contributed by atoms with Crippen LogP contribution in [0.2, 0.25) is 0 Å². The van der Waals surface area contributed by atoms with Gasteiger partial charge in [0.2, 0.25) is 0 Å². The van der Waals surface area contributed by atoms with E-state index in [1.165, 1.54) is 19.4 Å². The van der Waals surface area contributed by atoms with Crippen LogP contribution in [0.5, 0.6) is 0 Å². The van der Waals surface area contributed by atoms with Crippen molar-refractivity contribution >= 4 is 5.97 Å². The van der Waals surface area contributed by atoms with Crippen LogP contribution in [0.25, 0.3) is 0 Å². The molecule has 14 heavy (non-hydrogen) atoms. The highest BCUT2D eigenvalue weighted by atomic mass is 16.4. The highest BCUT2D eigenvalue weighted by Gasteiger charge is 2.42. The van der Waals surface area contributed by atoms with Crippen molar-refractivity contribution in [1.29, 1.82) is 0 Å². The topological polar surface area (TPSA) is 40.5 Å². The Morgan fingerprint density at radius 3 is 3.14 bits per heavy atom. The lowest BCUT2D eigenvalue weighted by atomic mass is 9.65. The number of likely N-dealkylation sites (tertiary alicyclic amines) is 1. The summed E-state index contributed by atoms with van der Waals surface area (Å²) in [6.45, 7) is 2.15. The third kappa shape index (κ3) is 1.92. The largest absolute Gasteiger partial charge is 0.481 e. The Morgan fingerprint density at radius 1 is 1.64 bits per heavy atom. The van der Waals surface area contributed by atoms with Crippen molar-refractivity contribution in [3.8, 4) is 0 Å². The van der Waals surface area contributed by atoms with E-state index in [-0.39, 0.29) is 5.41 Å². The fourth-order valence-corrected chi connectivity index (χ4v) is 3.50. The molecule has 2 atom stereocenters. The van der Waals surface area contributed by atoms with Crippen LogP contribution in [0.3, 0.4) is 0 Å². The number of nitrogens with zero attached hydrogens (tertiary/aromatic N) is 1. The van der Waals surface area contributed by atoms with E-state index in [0.717, 1.165) is 25.3 Å². The average molecular weight is 197 g/mol. The molecule has 0 amide bonds. The molecule has 0 aromatic heterocycles. The van der Waals surface area contributed by atoms with Gasteiger partial charge in [-0.3, -0.25) is 4.79 Å². The summed E-state index contributed by atoms with van der Waals surface area (Å²) in [6, 6.07) is 0. The van der Waals surface area contributed by atoms with Gasteiger partial charge in [0.25, 0.3) is 0 Å². The Balaban J connectivity index is 2.10. The third-order valence-electron chi connectivity index (χ3n) is 3.74. The van der Waals surface area contributed by atoms with Crippen LogP contribution in [0.4, 0.5) is 0 Å². The molecule has 1 saturated carbocycles. The second-order valence-corrected chi connectivity index (χ2v) is 5.23. The number of hydrogen-bond acceptors (Lipinski definition) is 2. The number of carbonyl (C=O) groups is 1. The van der Waals surface area contributed by atoms with E-state index in [1.807, 2.05) is 0 Å². The van der Waals surface area contributed by atoms with Gasteiger partial charge in [0.05, 0.1) is 6.42 Å². The first kappa shape index (κ1) is 9.97. The molecule has 2 aliphatic rings. The first-order valence-electron chi connectivity index (χ1n) is 5.50. The van der Waals surface area contributed by atoms with Gasteiger partial charge in [-0.2, -0.15) is 0 Å². The van der Waals surface area contributed by atoms with Gasteiger partial charge in [0.15, 0.2) is 0 Å². The van der Waals surface area contributed by atoms with Crippen molar-refractivity contribution in [2.75, 3.05) is 20.1 Å². The monoisotopic (exact) mass is 197 g/mol. The van der Waals surface area contributed by atoms with Crippen LogP contribution in [0.1, 0.15) is 32.1 Å². The smallest absolute Gasteiger partial charge is 0.303 e. The summed E-state index contributed by atoms with van der Waals surface area (Å²) in [5.41, 5.74) is 0.0990. The summed E-state index contributed by atoms with van der Waals surface area (Å²) in [4.78, 5) is 13.2. The number of carboxylic acid groups (broad SMARTS) is 1. The minimum atomic E-state index is -0.624. The maximum atomic E-state index is 10.9. The van der Waals surface area contributed by atoms with Crippen molar-refractivity contribution in [1.82, 2.24) is 4.90 Å². The molecule has 0 spiro atoms. The van der Waals surface area contributed by atoms with E-state index < -0.39 is 5.97 Å². The predicted octanol–water partition coefficient (Wildman–Crippen LogP) is 1.58. The van der Waals surface area contributed by atoms with Gasteiger partial charge in [-0.1, -0.05) is 6.42 Å². The molecule has 3 heteroatoms. The van der Waals surface area contributed by atoms with E-state index in [2.05, 4.69) is 11.9 Å². The van der Waals surface area contributed by atoms with Crippen molar-refractivity contribution in [2.24, 2.45) is 11.3 Å². The third-order valence-corrected chi connectivity index (χ3v) is 3.74. The van der Waals surface area contributed by atoms with Gasteiger partial charge in [0, 0.05) is 13.1 Å². The first-order valence-corrected chi connectivity index (χ1v) is 5.50. The van der Waals surface area contributed by atoms with Crippen LogP contribution in [0, 0.1) is 11.3 Å². The van der Waals surface area contributed by atoms with Crippen molar-refractivity contribution < 1.29 is 9.90 Å². The van der Waals surface area contributed by atoms with Gasteiger partial charge >= 0.3 is 5.97 Å². The average Bonchev–Trinajstić information content (AvgIpc) is 1.99. The van der Waals surface area contributed by atoms with Crippen LogP contribution >= 0.6 is 0 Å². The standard InChI is InChI=1S/C11H19NO2/c1-12-7-9-3-2-4-11(5-9,8-12)6-10(13)14/h9H,2-8H2,1H3,(H,13,14). The van der Waals surface area contributed by atoms with Crippen LogP contribution in [0.15, 0.2) is 0 Å². The summed E-state index contributed by atoms with van der Waals surface area (Å²) in [5, 5.41) is 8.94. The van der Waals surface area contributed by atoms with Gasteiger partial charge in [-0.05, 0) is 37.6 Å². The van der Waals surface area contributed by atoms with Crippen molar-refractivity contribution in [3.05, 3.63) is 0 Å².